The highest BCUT2D eigenvalue weighted by atomic mass is 16.3. The van der Waals surface area contributed by atoms with Gasteiger partial charge in [-0.05, 0) is 64.8 Å². The Bertz CT molecular complexity index is 829. The van der Waals surface area contributed by atoms with Crippen molar-refractivity contribution in [3.63, 3.8) is 0 Å². The number of aryl methyl sites for hydroxylation is 2. The second kappa shape index (κ2) is 8.71. The molecule has 0 aromatic heterocycles. The average Bonchev–Trinajstić information content (AvgIpc) is 2.69. The molecule has 0 aliphatic rings. The lowest BCUT2D eigenvalue weighted by molar-refractivity contribution is 0.475. The molecule has 134 valence electrons. The van der Waals surface area contributed by atoms with E-state index in [-0.39, 0.29) is 0 Å². The van der Waals surface area contributed by atoms with E-state index in [0.29, 0.717) is 5.75 Å². The molecule has 0 bridgehead atoms. The number of rotatable bonds is 7. The fourth-order valence-electron chi connectivity index (χ4n) is 3.43. The number of phenolic OH excluding ortho intramolecular Hbond substituents is 1. The summed E-state index contributed by atoms with van der Waals surface area (Å²) in [5.41, 5.74) is 7.72. The summed E-state index contributed by atoms with van der Waals surface area (Å²) >= 11 is 0. The van der Waals surface area contributed by atoms with Crippen molar-refractivity contribution in [2.45, 2.75) is 46.0 Å². The molecule has 1 nitrogen and oxygen atoms in total. The molecular formula is C25H28O. The molecule has 0 amide bonds. The first-order chi connectivity index (χ1) is 12.7. The molecule has 0 heterocycles. The molecule has 0 aliphatic carbocycles. The number of hydrogen-bond acceptors (Lipinski definition) is 1. The Balaban J connectivity index is 1.84. The van der Waals surface area contributed by atoms with E-state index in [1.807, 2.05) is 12.1 Å². The molecule has 0 atom stereocenters. The predicted octanol–water partition coefficient (Wildman–Crippen LogP) is 7.02. The number of hydrogen-bond donors (Lipinski definition) is 1. The van der Waals surface area contributed by atoms with Crippen molar-refractivity contribution in [3.05, 3.63) is 77.9 Å². The Morgan fingerprint density at radius 1 is 0.692 bits per heavy atom. The molecule has 0 spiro atoms. The van der Waals surface area contributed by atoms with Gasteiger partial charge in [0.2, 0.25) is 0 Å². The van der Waals surface area contributed by atoms with Crippen LogP contribution in [0.2, 0.25) is 0 Å². The first-order valence-electron chi connectivity index (χ1n) is 9.73. The summed E-state index contributed by atoms with van der Waals surface area (Å²) in [6.45, 7) is 4.45. The maximum absolute atomic E-state index is 9.49. The third kappa shape index (κ3) is 4.35. The van der Waals surface area contributed by atoms with Crippen LogP contribution in [0.3, 0.4) is 0 Å². The van der Waals surface area contributed by atoms with E-state index in [2.05, 4.69) is 56.3 Å². The van der Waals surface area contributed by atoms with Crippen molar-refractivity contribution in [2.75, 3.05) is 0 Å². The minimum atomic E-state index is 0.306. The molecule has 0 saturated carbocycles. The van der Waals surface area contributed by atoms with Crippen LogP contribution in [0.25, 0.3) is 22.3 Å². The van der Waals surface area contributed by atoms with Crippen molar-refractivity contribution < 1.29 is 5.11 Å². The summed E-state index contributed by atoms with van der Waals surface area (Å²) in [4.78, 5) is 0. The van der Waals surface area contributed by atoms with E-state index in [4.69, 9.17) is 0 Å². The van der Waals surface area contributed by atoms with Crippen molar-refractivity contribution in [1.29, 1.82) is 0 Å². The Morgan fingerprint density at radius 2 is 1.35 bits per heavy atom. The highest BCUT2D eigenvalue weighted by molar-refractivity contribution is 5.74. The van der Waals surface area contributed by atoms with Gasteiger partial charge in [0.15, 0.2) is 0 Å². The zero-order valence-electron chi connectivity index (χ0n) is 15.8. The lowest BCUT2D eigenvalue weighted by atomic mass is 9.93. The zero-order valence-corrected chi connectivity index (χ0v) is 15.8. The number of phenols is 1. The van der Waals surface area contributed by atoms with Gasteiger partial charge < -0.3 is 5.11 Å². The lowest BCUT2D eigenvalue weighted by Crippen LogP contribution is -1.91. The first kappa shape index (κ1) is 18.3. The Hall–Kier alpha value is -2.54. The summed E-state index contributed by atoms with van der Waals surface area (Å²) in [5, 5.41) is 9.49. The molecule has 26 heavy (non-hydrogen) atoms. The van der Waals surface area contributed by atoms with Crippen LogP contribution >= 0.6 is 0 Å². The van der Waals surface area contributed by atoms with Crippen LogP contribution in [0.1, 0.15) is 44.2 Å². The number of benzene rings is 3. The fourth-order valence-corrected chi connectivity index (χ4v) is 3.43. The third-order valence-corrected chi connectivity index (χ3v) is 5.02. The van der Waals surface area contributed by atoms with Gasteiger partial charge in [-0.3, -0.25) is 0 Å². The van der Waals surface area contributed by atoms with Crippen LogP contribution < -0.4 is 0 Å². The summed E-state index contributed by atoms with van der Waals surface area (Å²) in [6.07, 6.45) is 6.03. The molecule has 0 aliphatic heterocycles. The standard InChI is InChI=1S/C25H28O/c1-3-5-6-7-19-8-10-22(11-9-19)25-17-14-23(18-20(25)4-2)21-12-15-24(26)16-13-21/h8-18,26H,3-7H2,1-2H3. The third-order valence-electron chi connectivity index (χ3n) is 5.02. The fraction of sp³-hybridized carbons (Fsp3) is 0.280. The van der Waals surface area contributed by atoms with Gasteiger partial charge >= 0.3 is 0 Å². The smallest absolute Gasteiger partial charge is 0.115 e. The minimum Gasteiger partial charge on any atom is -0.508 e. The van der Waals surface area contributed by atoms with Crippen LogP contribution in [0.4, 0.5) is 0 Å². The maximum Gasteiger partial charge on any atom is 0.115 e. The lowest BCUT2D eigenvalue weighted by Gasteiger charge is -2.12. The minimum absolute atomic E-state index is 0.306. The Kier molecular flexibility index (Phi) is 6.12. The van der Waals surface area contributed by atoms with Crippen molar-refractivity contribution in [3.8, 4) is 28.0 Å². The van der Waals surface area contributed by atoms with E-state index in [0.717, 1.165) is 12.0 Å². The van der Waals surface area contributed by atoms with Crippen LogP contribution in [0.5, 0.6) is 5.75 Å². The second-order valence-electron chi connectivity index (χ2n) is 6.93. The quantitative estimate of drug-likeness (QED) is 0.456. The summed E-state index contributed by atoms with van der Waals surface area (Å²) in [6, 6.07) is 23.2. The van der Waals surface area contributed by atoms with Gasteiger partial charge in [-0.2, -0.15) is 0 Å². The first-order valence-corrected chi connectivity index (χ1v) is 9.73. The van der Waals surface area contributed by atoms with Crippen molar-refractivity contribution >= 4 is 0 Å². The summed E-state index contributed by atoms with van der Waals surface area (Å²) in [7, 11) is 0. The summed E-state index contributed by atoms with van der Waals surface area (Å²) < 4.78 is 0. The molecular weight excluding hydrogens is 316 g/mol. The van der Waals surface area contributed by atoms with E-state index in [1.54, 1.807) is 12.1 Å². The van der Waals surface area contributed by atoms with Crippen LogP contribution in [-0.4, -0.2) is 5.11 Å². The average molecular weight is 344 g/mol. The molecule has 1 heteroatoms. The van der Waals surface area contributed by atoms with Gasteiger partial charge in [-0.15, -0.1) is 0 Å². The normalized spacial score (nSPS) is 10.8. The predicted molar refractivity (Wildman–Crippen MR) is 112 cm³/mol. The zero-order chi connectivity index (χ0) is 18.4. The van der Waals surface area contributed by atoms with Gasteiger partial charge in [0.1, 0.15) is 5.75 Å². The number of aromatic hydroxyl groups is 1. The molecule has 0 fully saturated rings. The molecule has 1 N–H and O–H groups in total. The highest BCUT2D eigenvalue weighted by Crippen LogP contribution is 2.30. The molecule has 0 unspecified atom stereocenters. The van der Waals surface area contributed by atoms with Crippen molar-refractivity contribution in [2.24, 2.45) is 0 Å². The van der Waals surface area contributed by atoms with Crippen LogP contribution in [-0.2, 0) is 12.8 Å². The van der Waals surface area contributed by atoms with Gasteiger partial charge in [-0.25, -0.2) is 0 Å². The SMILES string of the molecule is CCCCCc1ccc(-c2ccc(-c3ccc(O)cc3)cc2CC)cc1. The van der Waals surface area contributed by atoms with Gasteiger partial charge in [0.25, 0.3) is 0 Å². The van der Waals surface area contributed by atoms with E-state index in [9.17, 15) is 5.11 Å². The molecule has 3 aromatic rings. The van der Waals surface area contributed by atoms with Crippen LogP contribution in [0, 0.1) is 0 Å². The molecule has 3 rings (SSSR count). The second-order valence-corrected chi connectivity index (χ2v) is 6.93. The van der Waals surface area contributed by atoms with Crippen LogP contribution in [0.15, 0.2) is 66.7 Å². The Morgan fingerprint density at radius 3 is 2.00 bits per heavy atom. The van der Waals surface area contributed by atoms with Crippen molar-refractivity contribution in [1.82, 2.24) is 0 Å². The molecule has 0 saturated heterocycles. The van der Waals surface area contributed by atoms with E-state index >= 15 is 0 Å². The largest absolute Gasteiger partial charge is 0.508 e. The van der Waals surface area contributed by atoms with Gasteiger partial charge in [0.05, 0.1) is 0 Å². The van der Waals surface area contributed by atoms with E-state index < -0.39 is 0 Å². The Labute approximate surface area is 157 Å². The number of unbranched alkanes of at least 4 members (excludes halogenated alkanes) is 2. The molecule has 3 aromatic carbocycles. The van der Waals surface area contributed by atoms with Gasteiger partial charge in [0, 0.05) is 0 Å². The van der Waals surface area contributed by atoms with E-state index in [1.165, 1.54) is 53.5 Å². The highest BCUT2D eigenvalue weighted by Gasteiger charge is 2.07. The topological polar surface area (TPSA) is 20.2 Å². The van der Waals surface area contributed by atoms with Gasteiger partial charge in [-0.1, -0.05) is 81.3 Å². The maximum atomic E-state index is 9.49. The monoisotopic (exact) mass is 344 g/mol. The summed E-state index contributed by atoms with van der Waals surface area (Å²) in [5.74, 6) is 0.306. The molecule has 0 radical (unpaired) electrons.